The lowest BCUT2D eigenvalue weighted by molar-refractivity contribution is 0.330. The molecular weight excluding hydrogens is 352 g/mol. The van der Waals surface area contributed by atoms with E-state index >= 15 is 0 Å². The van der Waals surface area contributed by atoms with E-state index in [1.807, 2.05) is 30.3 Å². The number of hydrogen-bond acceptors (Lipinski definition) is 6. The van der Waals surface area contributed by atoms with Crippen molar-refractivity contribution in [3.63, 3.8) is 0 Å². The molecule has 7 nitrogen and oxygen atoms in total. The Hall–Kier alpha value is -1.93. The first kappa shape index (κ1) is 18.8. The minimum absolute atomic E-state index is 0.131. The highest BCUT2D eigenvalue weighted by molar-refractivity contribution is 7.89. The molecule has 0 bridgehead atoms. The standard InChI is InChI=1S/C18H26N4O3S/c1-2-26(23,24)19-13-15-8-10-16(11-9-15)20-18-21-17(22-25-18)12-14-6-4-3-5-7-14/h3-7,15-16,19H,2,8-13H2,1H3,(H,20,21,22)/t15-,16-. The zero-order valence-corrected chi connectivity index (χ0v) is 15.8. The lowest BCUT2D eigenvalue weighted by atomic mass is 9.86. The van der Waals surface area contributed by atoms with Crippen molar-refractivity contribution in [2.24, 2.45) is 5.92 Å². The Balaban J connectivity index is 1.43. The Morgan fingerprint density at radius 3 is 2.58 bits per heavy atom. The molecule has 2 N–H and O–H groups in total. The second-order valence-corrected chi connectivity index (χ2v) is 8.89. The van der Waals surface area contributed by atoms with Crippen LogP contribution in [0, 0.1) is 5.92 Å². The first-order valence-electron chi connectivity index (χ1n) is 9.14. The summed E-state index contributed by atoms with van der Waals surface area (Å²) in [5.74, 6) is 1.19. The monoisotopic (exact) mass is 378 g/mol. The number of nitrogens with zero attached hydrogens (tertiary/aromatic N) is 2. The molecule has 26 heavy (non-hydrogen) atoms. The van der Waals surface area contributed by atoms with Gasteiger partial charge in [0.05, 0.1) is 5.75 Å². The summed E-state index contributed by atoms with van der Waals surface area (Å²) in [6.07, 6.45) is 4.55. The first-order chi connectivity index (χ1) is 12.5. The fraction of sp³-hybridized carbons (Fsp3) is 0.556. The third-order valence-electron chi connectivity index (χ3n) is 4.82. The van der Waals surface area contributed by atoms with E-state index in [-0.39, 0.29) is 5.75 Å². The van der Waals surface area contributed by atoms with Crippen LogP contribution in [-0.2, 0) is 16.4 Å². The fourth-order valence-corrected chi connectivity index (χ4v) is 3.89. The largest absolute Gasteiger partial charge is 0.335 e. The Morgan fingerprint density at radius 1 is 1.15 bits per heavy atom. The Labute approximate surface area is 154 Å². The van der Waals surface area contributed by atoms with E-state index < -0.39 is 10.0 Å². The summed E-state index contributed by atoms with van der Waals surface area (Å²) in [5, 5.41) is 7.34. The molecule has 0 spiro atoms. The van der Waals surface area contributed by atoms with E-state index in [0.29, 0.717) is 36.8 Å². The summed E-state index contributed by atoms with van der Waals surface area (Å²) in [4.78, 5) is 4.42. The molecular formula is C18H26N4O3S. The summed E-state index contributed by atoms with van der Waals surface area (Å²) in [7, 11) is -3.10. The molecule has 1 aromatic carbocycles. The van der Waals surface area contributed by atoms with Gasteiger partial charge in [-0.3, -0.25) is 0 Å². The van der Waals surface area contributed by atoms with E-state index in [4.69, 9.17) is 4.52 Å². The van der Waals surface area contributed by atoms with Gasteiger partial charge in [0.25, 0.3) is 0 Å². The summed E-state index contributed by atoms with van der Waals surface area (Å²) >= 11 is 0. The van der Waals surface area contributed by atoms with Gasteiger partial charge in [-0.15, -0.1) is 0 Å². The molecule has 1 aliphatic rings. The Kier molecular flexibility index (Phi) is 6.26. The predicted octanol–water partition coefficient (Wildman–Crippen LogP) is 2.57. The Bertz CT molecular complexity index is 784. The molecule has 1 heterocycles. The van der Waals surface area contributed by atoms with Crippen LogP contribution in [0.25, 0.3) is 0 Å². The molecule has 0 atom stereocenters. The van der Waals surface area contributed by atoms with Gasteiger partial charge in [0.2, 0.25) is 10.0 Å². The van der Waals surface area contributed by atoms with Gasteiger partial charge in [0.15, 0.2) is 5.82 Å². The van der Waals surface area contributed by atoms with Crippen molar-refractivity contribution in [3.05, 3.63) is 41.7 Å². The van der Waals surface area contributed by atoms with Crippen molar-refractivity contribution in [3.8, 4) is 0 Å². The molecule has 0 radical (unpaired) electrons. The fourth-order valence-electron chi connectivity index (χ4n) is 3.20. The quantitative estimate of drug-likeness (QED) is 0.733. The third-order valence-corrected chi connectivity index (χ3v) is 6.19. The molecule has 1 aliphatic carbocycles. The van der Waals surface area contributed by atoms with Crippen molar-refractivity contribution >= 4 is 16.0 Å². The molecule has 142 valence electrons. The van der Waals surface area contributed by atoms with Gasteiger partial charge < -0.3 is 9.84 Å². The SMILES string of the molecule is CCS(=O)(=O)NC[C@H]1CC[C@H](Nc2nc(Cc3ccccc3)no2)CC1. The summed E-state index contributed by atoms with van der Waals surface area (Å²) in [6.45, 7) is 2.18. The van der Waals surface area contributed by atoms with Gasteiger partial charge >= 0.3 is 6.01 Å². The van der Waals surface area contributed by atoms with Crippen LogP contribution in [-0.4, -0.2) is 36.9 Å². The van der Waals surface area contributed by atoms with E-state index in [1.165, 1.54) is 0 Å². The lowest BCUT2D eigenvalue weighted by Crippen LogP contribution is -2.34. The molecule has 1 aromatic heterocycles. The number of nitrogens with one attached hydrogen (secondary N) is 2. The second kappa shape index (κ2) is 8.64. The highest BCUT2D eigenvalue weighted by atomic mass is 32.2. The zero-order chi connectivity index (χ0) is 18.4. The van der Waals surface area contributed by atoms with Crippen molar-refractivity contribution in [2.45, 2.75) is 45.1 Å². The summed E-state index contributed by atoms with van der Waals surface area (Å²) < 4.78 is 31.0. The highest BCUT2D eigenvalue weighted by Crippen LogP contribution is 2.26. The van der Waals surface area contributed by atoms with Crippen LogP contribution in [0.1, 0.15) is 44.0 Å². The molecule has 0 aliphatic heterocycles. The normalized spacial score (nSPS) is 20.8. The molecule has 1 fully saturated rings. The molecule has 2 aromatic rings. The second-order valence-electron chi connectivity index (χ2n) is 6.79. The molecule has 0 unspecified atom stereocenters. The number of aromatic nitrogens is 2. The summed E-state index contributed by atoms with van der Waals surface area (Å²) in [5.41, 5.74) is 1.15. The van der Waals surface area contributed by atoms with Crippen LogP contribution < -0.4 is 10.0 Å². The van der Waals surface area contributed by atoms with Crippen molar-refractivity contribution in [1.82, 2.24) is 14.9 Å². The van der Waals surface area contributed by atoms with Crippen molar-refractivity contribution in [2.75, 3.05) is 17.6 Å². The van der Waals surface area contributed by atoms with Gasteiger partial charge in [-0.25, -0.2) is 13.1 Å². The first-order valence-corrected chi connectivity index (χ1v) is 10.8. The van der Waals surface area contributed by atoms with Crippen LogP contribution in [0.15, 0.2) is 34.9 Å². The average Bonchev–Trinajstić information content (AvgIpc) is 3.09. The number of anilines is 1. The number of rotatable bonds is 8. The highest BCUT2D eigenvalue weighted by Gasteiger charge is 2.23. The minimum Gasteiger partial charge on any atom is -0.335 e. The molecule has 0 amide bonds. The van der Waals surface area contributed by atoms with Gasteiger partial charge in [-0.1, -0.05) is 35.5 Å². The molecule has 0 saturated heterocycles. The van der Waals surface area contributed by atoms with Gasteiger partial charge in [-0.05, 0) is 44.1 Å². The van der Waals surface area contributed by atoms with E-state index in [9.17, 15) is 8.42 Å². The Morgan fingerprint density at radius 2 is 1.88 bits per heavy atom. The van der Waals surface area contributed by atoms with E-state index in [2.05, 4.69) is 20.2 Å². The maximum atomic E-state index is 11.5. The maximum absolute atomic E-state index is 11.5. The molecule has 8 heteroatoms. The van der Waals surface area contributed by atoms with Crippen LogP contribution in [0.2, 0.25) is 0 Å². The topological polar surface area (TPSA) is 97.1 Å². The molecule has 3 rings (SSSR count). The van der Waals surface area contributed by atoms with E-state index in [0.717, 1.165) is 31.2 Å². The van der Waals surface area contributed by atoms with Gasteiger partial charge in [-0.2, -0.15) is 4.98 Å². The van der Waals surface area contributed by atoms with Crippen molar-refractivity contribution in [1.29, 1.82) is 0 Å². The van der Waals surface area contributed by atoms with Gasteiger partial charge in [0, 0.05) is 19.0 Å². The summed E-state index contributed by atoms with van der Waals surface area (Å²) in [6, 6.07) is 10.8. The van der Waals surface area contributed by atoms with Crippen LogP contribution in [0.4, 0.5) is 6.01 Å². The number of hydrogen-bond donors (Lipinski definition) is 2. The van der Waals surface area contributed by atoms with Crippen LogP contribution >= 0.6 is 0 Å². The minimum atomic E-state index is -3.10. The van der Waals surface area contributed by atoms with Crippen molar-refractivity contribution < 1.29 is 12.9 Å². The lowest BCUT2D eigenvalue weighted by Gasteiger charge is -2.28. The van der Waals surface area contributed by atoms with Crippen LogP contribution in [0.3, 0.4) is 0 Å². The maximum Gasteiger partial charge on any atom is 0.321 e. The van der Waals surface area contributed by atoms with Crippen LogP contribution in [0.5, 0.6) is 0 Å². The number of sulfonamides is 1. The predicted molar refractivity (Wildman–Crippen MR) is 100 cm³/mol. The smallest absolute Gasteiger partial charge is 0.321 e. The van der Waals surface area contributed by atoms with Gasteiger partial charge in [0.1, 0.15) is 0 Å². The van der Waals surface area contributed by atoms with E-state index in [1.54, 1.807) is 6.92 Å². The number of benzene rings is 1. The zero-order valence-electron chi connectivity index (χ0n) is 15.0. The average molecular weight is 378 g/mol. The third kappa shape index (κ3) is 5.54. The molecule has 1 saturated carbocycles.